The van der Waals surface area contributed by atoms with Gasteiger partial charge in [-0.05, 0) is 35.5 Å². The molecule has 10 heteroatoms. The Balaban J connectivity index is 1.76. The third-order valence-electron chi connectivity index (χ3n) is 3.68. The first-order valence-electron chi connectivity index (χ1n) is 7.97. The van der Waals surface area contributed by atoms with Crippen LogP contribution < -0.4 is 19.9 Å². The number of hydrogen-bond donors (Lipinski definition) is 1. The topological polar surface area (TPSA) is 105 Å². The zero-order chi connectivity index (χ0) is 20.1. The molecule has 1 heterocycles. The first kappa shape index (κ1) is 19.4. The van der Waals surface area contributed by atoms with Gasteiger partial charge in [0.25, 0.3) is 0 Å². The van der Waals surface area contributed by atoms with E-state index in [-0.39, 0.29) is 23.2 Å². The fourth-order valence-corrected chi connectivity index (χ4v) is 2.48. The number of methoxy groups -OCH3 is 2. The van der Waals surface area contributed by atoms with E-state index in [0.29, 0.717) is 28.6 Å². The summed E-state index contributed by atoms with van der Waals surface area (Å²) in [5.74, 6) is 1.09. The minimum absolute atomic E-state index is 0.0225. The molecule has 0 saturated carbocycles. The third-order valence-corrected chi connectivity index (χ3v) is 3.97. The van der Waals surface area contributed by atoms with E-state index in [1.807, 2.05) is 0 Å². The molecule has 0 aliphatic carbocycles. The molecular formula is C18H16ClFN4O4. The number of amidine groups is 1. The van der Waals surface area contributed by atoms with Gasteiger partial charge in [-0.2, -0.15) is 0 Å². The number of benzene rings is 2. The van der Waals surface area contributed by atoms with E-state index in [2.05, 4.69) is 15.3 Å². The summed E-state index contributed by atoms with van der Waals surface area (Å²) in [7, 11) is 3.07. The van der Waals surface area contributed by atoms with Crippen LogP contribution in [0.1, 0.15) is 11.4 Å². The molecule has 0 atom stereocenters. The van der Waals surface area contributed by atoms with Crippen molar-refractivity contribution in [3.05, 3.63) is 58.6 Å². The Labute approximate surface area is 164 Å². The molecule has 0 amide bonds. The molecule has 1 aromatic heterocycles. The molecule has 0 radical (unpaired) electrons. The van der Waals surface area contributed by atoms with Crippen LogP contribution in [-0.4, -0.2) is 30.4 Å². The molecule has 2 aromatic carbocycles. The van der Waals surface area contributed by atoms with Crippen molar-refractivity contribution < 1.29 is 23.2 Å². The lowest BCUT2D eigenvalue weighted by Gasteiger charge is -2.10. The molecule has 0 bridgehead atoms. The van der Waals surface area contributed by atoms with Gasteiger partial charge >= 0.3 is 0 Å². The molecule has 0 saturated heterocycles. The smallest absolute Gasteiger partial charge is 0.176 e. The van der Waals surface area contributed by atoms with E-state index in [9.17, 15) is 4.39 Å². The van der Waals surface area contributed by atoms with Gasteiger partial charge in [0.2, 0.25) is 0 Å². The fourth-order valence-electron chi connectivity index (χ4n) is 2.30. The highest BCUT2D eigenvalue weighted by molar-refractivity contribution is 6.31. The van der Waals surface area contributed by atoms with Crippen LogP contribution in [0.4, 0.5) is 10.1 Å². The van der Waals surface area contributed by atoms with E-state index >= 15 is 0 Å². The molecule has 0 spiro atoms. The average Bonchev–Trinajstić information content (AvgIpc) is 3.17. The second kappa shape index (κ2) is 8.57. The molecule has 0 aliphatic heterocycles. The molecule has 146 valence electrons. The fraction of sp³-hybridized carbons (Fsp3) is 0.167. The molecule has 2 N–H and O–H groups in total. The van der Waals surface area contributed by atoms with Gasteiger partial charge in [-0.25, -0.2) is 14.0 Å². The van der Waals surface area contributed by atoms with Crippen LogP contribution in [0.5, 0.6) is 17.2 Å². The number of nitrogens with two attached hydrogens (primary N) is 1. The van der Waals surface area contributed by atoms with Crippen molar-refractivity contribution in [3.8, 4) is 17.2 Å². The largest absolute Gasteiger partial charge is 0.493 e. The van der Waals surface area contributed by atoms with Crippen LogP contribution in [0.3, 0.4) is 0 Å². The van der Waals surface area contributed by atoms with Gasteiger partial charge in [-0.3, -0.25) is 0 Å². The summed E-state index contributed by atoms with van der Waals surface area (Å²) in [6, 6.07) is 9.07. The van der Waals surface area contributed by atoms with Crippen molar-refractivity contribution in [2.45, 2.75) is 6.61 Å². The predicted molar refractivity (Wildman–Crippen MR) is 100.0 cm³/mol. The van der Waals surface area contributed by atoms with Crippen molar-refractivity contribution in [1.82, 2.24) is 10.3 Å². The van der Waals surface area contributed by atoms with E-state index in [0.717, 1.165) is 0 Å². The van der Waals surface area contributed by atoms with E-state index in [4.69, 9.17) is 36.2 Å². The minimum atomic E-state index is -0.550. The van der Waals surface area contributed by atoms with Crippen LogP contribution in [0.15, 0.2) is 46.0 Å². The normalized spacial score (nSPS) is 11.4. The molecule has 28 heavy (non-hydrogen) atoms. The van der Waals surface area contributed by atoms with Gasteiger partial charge in [0.15, 0.2) is 28.7 Å². The molecule has 0 aliphatic rings. The highest BCUT2D eigenvalue weighted by Crippen LogP contribution is 2.31. The summed E-state index contributed by atoms with van der Waals surface area (Å²) in [5.41, 5.74) is 6.88. The SMILES string of the molecule is COc1ccc(OCc2nonc2C(N)=Nc2ccc(F)c(Cl)c2)cc1OC. The highest BCUT2D eigenvalue weighted by atomic mass is 35.5. The van der Waals surface area contributed by atoms with Crippen LogP contribution in [0.25, 0.3) is 0 Å². The van der Waals surface area contributed by atoms with E-state index in [1.165, 1.54) is 25.3 Å². The summed E-state index contributed by atoms with van der Waals surface area (Å²) < 4.78 is 34.1. The molecular weight excluding hydrogens is 391 g/mol. The van der Waals surface area contributed by atoms with Crippen LogP contribution in [-0.2, 0) is 6.61 Å². The lowest BCUT2D eigenvalue weighted by Crippen LogP contribution is -2.16. The van der Waals surface area contributed by atoms with Gasteiger partial charge < -0.3 is 19.9 Å². The van der Waals surface area contributed by atoms with Crippen molar-refractivity contribution >= 4 is 23.1 Å². The standard InChI is InChI=1S/C18H16ClFN4O4/c1-25-15-6-4-11(8-16(15)26-2)27-9-14-17(24-28-23-14)18(21)22-10-3-5-13(20)12(19)7-10/h3-8H,9H2,1-2H3,(H2,21,22). The number of halogens is 2. The Hall–Kier alpha value is -3.33. The summed E-state index contributed by atoms with van der Waals surface area (Å²) in [6.45, 7) is 0.0225. The van der Waals surface area contributed by atoms with E-state index in [1.54, 1.807) is 25.3 Å². The van der Waals surface area contributed by atoms with Gasteiger partial charge in [-0.1, -0.05) is 16.8 Å². The number of ether oxygens (including phenoxy) is 3. The Morgan fingerprint density at radius 2 is 1.93 bits per heavy atom. The summed E-state index contributed by atoms with van der Waals surface area (Å²) >= 11 is 5.75. The Kier molecular flexibility index (Phi) is 5.95. The first-order valence-corrected chi connectivity index (χ1v) is 8.35. The molecule has 3 aromatic rings. The maximum atomic E-state index is 13.3. The Bertz CT molecular complexity index is 1010. The Morgan fingerprint density at radius 3 is 2.64 bits per heavy atom. The lowest BCUT2D eigenvalue weighted by molar-refractivity contribution is 0.268. The van der Waals surface area contributed by atoms with Crippen molar-refractivity contribution in [1.29, 1.82) is 0 Å². The molecule has 3 rings (SSSR count). The predicted octanol–water partition coefficient (Wildman–Crippen LogP) is 3.50. The summed E-state index contributed by atoms with van der Waals surface area (Å²) in [4.78, 5) is 4.16. The maximum absolute atomic E-state index is 13.3. The maximum Gasteiger partial charge on any atom is 0.176 e. The third kappa shape index (κ3) is 4.32. The number of hydrogen-bond acceptors (Lipinski definition) is 7. The van der Waals surface area contributed by atoms with Crippen LogP contribution in [0.2, 0.25) is 5.02 Å². The summed E-state index contributed by atoms with van der Waals surface area (Å²) in [5, 5.41) is 7.47. The number of aliphatic imine (C=N–C) groups is 1. The van der Waals surface area contributed by atoms with Crippen molar-refractivity contribution in [2.24, 2.45) is 10.7 Å². The lowest BCUT2D eigenvalue weighted by atomic mass is 10.2. The minimum Gasteiger partial charge on any atom is -0.493 e. The number of nitrogens with zero attached hydrogens (tertiary/aromatic N) is 3. The average molecular weight is 407 g/mol. The summed E-state index contributed by atoms with van der Waals surface area (Å²) in [6.07, 6.45) is 0. The van der Waals surface area contributed by atoms with Crippen molar-refractivity contribution in [3.63, 3.8) is 0 Å². The quantitative estimate of drug-likeness (QED) is 0.473. The highest BCUT2D eigenvalue weighted by Gasteiger charge is 2.16. The molecule has 0 fully saturated rings. The Morgan fingerprint density at radius 1 is 1.14 bits per heavy atom. The molecule has 0 unspecified atom stereocenters. The van der Waals surface area contributed by atoms with Gasteiger partial charge in [0.05, 0.1) is 24.9 Å². The number of rotatable bonds is 7. The zero-order valence-corrected chi connectivity index (χ0v) is 15.7. The zero-order valence-electron chi connectivity index (χ0n) is 15.0. The van der Waals surface area contributed by atoms with Gasteiger partial charge in [-0.15, -0.1) is 0 Å². The first-order chi connectivity index (χ1) is 13.5. The molecule has 8 nitrogen and oxygen atoms in total. The monoisotopic (exact) mass is 406 g/mol. The van der Waals surface area contributed by atoms with E-state index < -0.39 is 5.82 Å². The van der Waals surface area contributed by atoms with Gasteiger partial charge in [0, 0.05) is 6.07 Å². The van der Waals surface area contributed by atoms with Crippen LogP contribution in [0, 0.1) is 5.82 Å². The van der Waals surface area contributed by atoms with Crippen molar-refractivity contribution in [2.75, 3.05) is 14.2 Å². The number of aromatic nitrogens is 2. The second-order valence-corrected chi connectivity index (χ2v) is 5.87. The van der Waals surface area contributed by atoms with Crippen LogP contribution >= 0.6 is 11.6 Å². The second-order valence-electron chi connectivity index (χ2n) is 5.46. The van der Waals surface area contributed by atoms with Gasteiger partial charge in [0.1, 0.15) is 18.2 Å².